The Labute approximate surface area is 111 Å². The van der Waals surface area contributed by atoms with Gasteiger partial charge in [0.15, 0.2) is 11.5 Å². The van der Waals surface area contributed by atoms with Crippen LogP contribution in [0.4, 0.5) is 0 Å². The van der Waals surface area contributed by atoms with E-state index in [0.29, 0.717) is 6.42 Å². The number of aromatic nitrogens is 2. The smallest absolute Gasteiger partial charge is 0.231 e. The third-order valence-corrected chi connectivity index (χ3v) is 2.88. The molecule has 1 aliphatic heterocycles. The number of fused-ring (bicyclic) bond motifs is 1. The Balaban J connectivity index is 1.93. The van der Waals surface area contributed by atoms with Crippen molar-refractivity contribution >= 4 is 0 Å². The molecule has 1 aliphatic rings. The van der Waals surface area contributed by atoms with E-state index in [0.717, 1.165) is 28.6 Å². The van der Waals surface area contributed by atoms with Crippen LogP contribution in [-0.4, -0.2) is 22.8 Å². The zero-order valence-corrected chi connectivity index (χ0v) is 10.7. The predicted octanol–water partition coefficient (Wildman–Crippen LogP) is 1.76. The van der Waals surface area contributed by atoms with Gasteiger partial charge in [-0.1, -0.05) is 0 Å². The van der Waals surface area contributed by atoms with E-state index < -0.39 is 0 Å². The van der Waals surface area contributed by atoms with Crippen molar-refractivity contribution in [1.82, 2.24) is 9.97 Å². The van der Waals surface area contributed by atoms with E-state index in [9.17, 15) is 0 Å². The molecule has 3 rings (SSSR count). The molecule has 1 atom stereocenters. The van der Waals surface area contributed by atoms with Crippen molar-refractivity contribution in [3.8, 4) is 22.8 Å². The Hall–Kier alpha value is -2.14. The minimum absolute atomic E-state index is 0.0482. The standard InChI is InChI=1S/C14H15N3O2/c1-9(15)6-14-16-5-4-11(17-14)10-2-3-12-13(7-10)19-8-18-12/h2-5,7,9H,6,8,15H2,1H3. The number of hydrogen-bond acceptors (Lipinski definition) is 5. The molecule has 5 heteroatoms. The Morgan fingerprint density at radius 1 is 1.26 bits per heavy atom. The van der Waals surface area contributed by atoms with Crippen LogP contribution >= 0.6 is 0 Å². The molecule has 0 radical (unpaired) electrons. The van der Waals surface area contributed by atoms with Gasteiger partial charge in [0.05, 0.1) is 5.69 Å². The molecule has 2 N–H and O–H groups in total. The lowest BCUT2D eigenvalue weighted by molar-refractivity contribution is 0.174. The minimum atomic E-state index is 0.0482. The first-order valence-corrected chi connectivity index (χ1v) is 6.20. The molecule has 2 aromatic rings. The molecule has 1 aromatic heterocycles. The maximum absolute atomic E-state index is 5.77. The molecule has 0 spiro atoms. The van der Waals surface area contributed by atoms with Crippen molar-refractivity contribution < 1.29 is 9.47 Å². The summed E-state index contributed by atoms with van der Waals surface area (Å²) in [5.74, 6) is 2.28. The molecule has 0 fully saturated rings. The fourth-order valence-electron chi connectivity index (χ4n) is 2.00. The zero-order valence-electron chi connectivity index (χ0n) is 10.7. The highest BCUT2D eigenvalue weighted by Crippen LogP contribution is 2.35. The van der Waals surface area contributed by atoms with Crippen molar-refractivity contribution in [2.24, 2.45) is 5.73 Å². The summed E-state index contributed by atoms with van der Waals surface area (Å²) in [5, 5.41) is 0. The van der Waals surface area contributed by atoms with E-state index >= 15 is 0 Å². The fraction of sp³-hybridized carbons (Fsp3) is 0.286. The summed E-state index contributed by atoms with van der Waals surface area (Å²) in [6.45, 7) is 2.22. The van der Waals surface area contributed by atoms with Gasteiger partial charge in [-0.15, -0.1) is 0 Å². The molecule has 0 aliphatic carbocycles. The molecule has 0 saturated heterocycles. The Bertz CT molecular complexity index is 599. The summed E-state index contributed by atoms with van der Waals surface area (Å²) in [7, 11) is 0. The van der Waals surface area contributed by atoms with Crippen LogP contribution in [0.25, 0.3) is 11.3 Å². The number of benzene rings is 1. The van der Waals surface area contributed by atoms with Crippen LogP contribution in [0.3, 0.4) is 0 Å². The van der Waals surface area contributed by atoms with E-state index in [1.165, 1.54) is 0 Å². The molecule has 5 nitrogen and oxygen atoms in total. The summed E-state index contributed by atoms with van der Waals surface area (Å²) in [5.41, 5.74) is 7.62. The second-order valence-electron chi connectivity index (χ2n) is 4.61. The van der Waals surface area contributed by atoms with Gasteiger partial charge in [-0.2, -0.15) is 0 Å². The lowest BCUT2D eigenvalue weighted by Crippen LogP contribution is -2.19. The van der Waals surface area contributed by atoms with Gasteiger partial charge in [-0.25, -0.2) is 9.97 Å². The summed E-state index contributed by atoms with van der Waals surface area (Å²) < 4.78 is 10.7. The van der Waals surface area contributed by atoms with Crippen molar-refractivity contribution in [3.63, 3.8) is 0 Å². The molecule has 1 unspecified atom stereocenters. The first kappa shape index (κ1) is 11.9. The lowest BCUT2D eigenvalue weighted by atomic mass is 10.1. The molecule has 0 bridgehead atoms. The van der Waals surface area contributed by atoms with Crippen LogP contribution < -0.4 is 15.2 Å². The maximum Gasteiger partial charge on any atom is 0.231 e. The fourth-order valence-corrected chi connectivity index (χ4v) is 2.00. The SMILES string of the molecule is CC(N)Cc1nccc(-c2ccc3c(c2)OCO3)n1. The van der Waals surface area contributed by atoms with Gasteiger partial charge in [0, 0.05) is 24.2 Å². The Kier molecular flexibility index (Phi) is 3.05. The summed E-state index contributed by atoms with van der Waals surface area (Å²) in [6, 6.07) is 7.71. The van der Waals surface area contributed by atoms with Crippen LogP contribution in [0.2, 0.25) is 0 Å². The summed E-state index contributed by atoms with van der Waals surface area (Å²) in [4.78, 5) is 8.75. The lowest BCUT2D eigenvalue weighted by Gasteiger charge is -2.06. The molecular formula is C14H15N3O2. The number of nitrogens with zero attached hydrogens (tertiary/aromatic N) is 2. The van der Waals surface area contributed by atoms with E-state index in [1.54, 1.807) is 6.20 Å². The number of nitrogens with two attached hydrogens (primary N) is 1. The normalized spacial score (nSPS) is 14.4. The second kappa shape index (κ2) is 4.85. The van der Waals surface area contributed by atoms with Gasteiger partial charge < -0.3 is 15.2 Å². The van der Waals surface area contributed by atoms with E-state index in [-0.39, 0.29) is 12.8 Å². The third kappa shape index (κ3) is 2.51. The highest BCUT2D eigenvalue weighted by Gasteiger charge is 2.14. The number of hydrogen-bond donors (Lipinski definition) is 1. The monoisotopic (exact) mass is 257 g/mol. The van der Waals surface area contributed by atoms with Crippen molar-refractivity contribution in [1.29, 1.82) is 0 Å². The van der Waals surface area contributed by atoms with Crippen LogP contribution in [0.1, 0.15) is 12.7 Å². The van der Waals surface area contributed by atoms with Gasteiger partial charge in [-0.3, -0.25) is 0 Å². The van der Waals surface area contributed by atoms with Crippen LogP contribution in [0.5, 0.6) is 11.5 Å². The van der Waals surface area contributed by atoms with Gasteiger partial charge in [-0.05, 0) is 31.2 Å². The third-order valence-electron chi connectivity index (χ3n) is 2.88. The van der Waals surface area contributed by atoms with Gasteiger partial charge in [0.25, 0.3) is 0 Å². The summed E-state index contributed by atoms with van der Waals surface area (Å²) in [6.07, 6.45) is 2.42. The van der Waals surface area contributed by atoms with E-state index in [4.69, 9.17) is 15.2 Å². The van der Waals surface area contributed by atoms with Crippen molar-refractivity contribution in [2.75, 3.05) is 6.79 Å². The first-order chi connectivity index (χ1) is 9.22. The predicted molar refractivity (Wildman–Crippen MR) is 70.9 cm³/mol. The van der Waals surface area contributed by atoms with Crippen LogP contribution in [-0.2, 0) is 6.42 Å². The van der Waals surface area contributed by atoms with E-state index in [1.807, 2.05) is 31.2 Å². The van der Waals surface area contributed by atoms with Gasteiger partial charge in [0.1, 0.15) is 5.82 Å². The maximum atomic E-state index is 5.77. The van der Waals surface area contributed by atoms with E-state index in [2.05, 4.69) is 9.97 Å². The molecule has 98 valence electrons. The molecule has 19 heavy (non-hydrogen) atoms. The molecule has 0 amide bonds. The topological polar surface area (TPSA) is 70.3 Å². The van der Waals surface area contributed by atoms with Gasteiger partial charge >= 0.3 is 0 Å². The molecule has 1 aromatic carbocycles. The Morgan fingerprint density at radius 2 is 2.11 bits per heavy atom. The first-order valence-electron chi connectivity index (χ1n) is 6.20. The van der Waals surface area contributed by atoms with Crippen LogP contribution in [0, 0.1) is 0 Å². The summed E-state index contributed by atoms with van der Waals surface area (Å²) >= 11 is 0. The van der Waals surface area contributed by atoms with Crippen molar-refractivity contribution in [2.45, 2.75) is 19.4 Å². The molecule has 2 heterocycles. The highest BCUT2D eigenvalue weighted by atomic mass is 16.7. The van der Waals surface area contributed by atoms with Crippen molar-refractivity contribution in [3.05, 3.63) is 36.3 Å². The number of ether oxygens (including phenoxy) is 2. The average molecular weight is 257 g/mol. The largest absolute Gasteiger partial charge is 0.454 e. The van der Waals surface area contributed by atoms with Crippen LogP contribution in [0.15, 0.2) is 30.5 Å². The second-order valence-corrected chi connectivity index (χ2v) is 4.61. The average Bonchev–Trinajstić information content (AvgIpc) is 2.85. The Morgan fingerprint density at radius 3 is 2.95 bits per heavy atom. The molecule has 0 saturated carbocycles. The minimum Gasteiger partial charge on any atom is -0.454 e. The van der Waals surface area contributed by atoms with Gasteiger partial charge in [0.2, 0.25) is 6.79 Å². The molecular weight excluding hydrogens is 242 g/mol. The zero-order chi connectivity index (χ0) is 13.2. The highest BCUT2D eigenvalue weighted by molar-refractivity contribution is 5.64. The quantitative estimate of drug-likeness (QED) is 0.907. The number of rotatable bonds is 3.